The second-order valence-electron chi connectivity index (χ2n) is 4.41. The van der Waals surface area contributed by atoms with Gasteiger partial charge in [-0.1, -0.05) is 34.1 Å². The Morgan fingerprint density at radius 3 is 2.65 bits per heavy atom. The molecule has 0 saturated carbocycles. The molecule has 0 radical (unpaired) electrons. The Hall–Kier alpha value is -1.88. The third kappa shape index (κ3) is 3.17. The molecular formula is C15H13BrFNO2. The number of hydrogen-bond acceptors (Lipinski definition) is 2. The Labute approximate surface area is 124 Å². The number of hydrogen-bond donors (Lipinski definition) is 1. The van der Waals surface area contributed by atoms with Crippen LogP contribution >= 0.6 is 15.9 Å². The van der Waals surface area contributed by atoms with E-state index in [1.807, 2.05) is 0 Å². The lowest BCUT2D eigenvalue weighted by Crippen LogP contribution is -2.26. The number of carbonyl (C=O) groups is 1. The number of amides is 1. The molecule has 0 aliphatic rings. The largest absolute Gasteiger partial charge is 0.507 e. The number of phenolic OH excluding ortho intramolecular Hbond substituents is 1. The number of phenols is 1. The highest BCUT2D eigenvalue weighted by molar-refractivity contribution is 9.10. The fourth-order valence-corrected chi connectivity index (χ4v) is 2.19. The van der Waals surface area contributed by atoms with Gasteiger partial charge in [0.25, 0.3) is 5.91 Å². The summed E-state index contributed by atoms with van der Waals surface area (Å²) in [5, 5.41) is 9.78. The van der Waals surface area contributed by atoms with Crippen LogP contribution in [0.4, 0.5) is 4.39 Å². The molecule has 0 bridgehead atoms. The molecule has 5 heteroatoms. The molecule has 0 aliphatic carbocycles. The van der Waals surface area contributed by atoms with E-state index in [9.17, 15) is 14.3 Å². The zero-order valence-electron chi connectivity index (χ0n) is 10.8. The van der Waals surface area contributed by atoms with Gasteiger partial charge in [0.2, 0.25) is 0 Å². The molecule has 3 nitrogen and oxygen atoms in total. The van der Waals surface area contributed by atoms with Crippen LogP contribution in [0.2, 0.25) is 0 Å². The first-order valence-electron chi connectivity index (χ1n) is 5.96. The van der Waals surface area contributed by atoms with Gasteiger partial charge in [-0.05, 0) is 24.3 Å². The second-order valence-corrected chi connectivity index (χ2v) is 5.33. The van der Waals surface area contributed by atoms with Crippen LogP contribution in [0, 0.1) is 5.82 Å². The van der Waals surface area contributed by atoms with Crippen LogP contribution in [-0.2, 0) is 6.54 Å². The van der Waals surface area contributed by atoms with Crippen LogP contribution < -0.4 is 0 Å². The average Bonchev–Trinajstić information content (AvgIpc) is 2.40. The van der Waals surface area contributed by atoms with Crippen molar-refractivity contribution in [3.8, 4) is 5.75 Å². The summed E-state index contributed by atoms with van der Waals surface area (Å²) < 4.78 is 14.2. The van der Waals surface area contributed by atoms with E-state index in [-0.39, 0.29) is 29.6 Å². The van der Waals surface area contributed by atoms with Gasteiger partial charge in [0.15, 0.2) is 0 Å². The van der Waals surface area contributed by atoms with E-state index < -0.39 is 0 Å². The van der Waals surface area contributed by atoms with Crippen molar-refractivity contribution in [2.45, 2.75) is 6.54 Å². The molecule has 0 fully saturated rings. The van der Waals surface area contributed by atoms with Crippen molar-refractivity contribution in [2.75, 3.05) is 7.05 Å². The van der Waals surface area contributed by atoms with Crippen molar-refractivity contribution in [3.63, 3.8) is 0 Å². The molecule has 104 valence electrons. The highest BCUT2D eigenvalue weighted by Gasteiger charge is 2.17. The fourth-order valence-electron chi connectivity index (χ4n) is 1.85. The van der Waals surface area contributed by atoms with Gasteiger partial charge in [0.1, 0.15) is 11.6 Å². The summed E-state index contributed by atoms with van der Waals surface area (Å²) in [5.74, 6) is -0.824. The van der Waals surface area contributed by atoms with Crippen molar-refractivity contribution in [2.24, 2.45) is 0 Å². The number of halogens is 2. The van der Waals surface area contributed by atoms with Gasteiger partial charge in [0, 0.05) is 23.6 Å². The van der Waals surface area contributed by atoms with Crippen molar-refractivity contribution < 1.29 is 14.3 Å². The van der Waals surface area contributed by atoms with E-state index in [1.54, 1.807) is 31.3 Å². The van der Waals surface area contributed by atoms with Gasteiger partial charge in [-0.15, -0.1) is 0 Å². The number of benzene rings is 2. The van der Waals surface area contributed by atoms with Crippen LogP contribution in [-0.4, -0.2) is 23.0 Å². The lowest BCUT2D eigenvalue weighted by atomic mass is 10.1. The van der Waals surface area contributed by atoms with Crippen LogP contribution in [0.5, 0.6) is 5.75 Å². The van der Waals surface area contributed by atoms with Crippen molar-refractivity contribution in [1.29, 1.82) is 0 Å². The first-order chi connectivity index (χ1) is 9.49. The Kier molecular flexibility index (Phi) is 4.39. The third-order valence-electron chi connectivity index (χ3n) is 2.90. The highest BCUT2D eigenvalue weighted by Crippen LogP contribution is 2.24. The van der Waals surface area contributed by atoms with Gasteiger partial charge in [-0.25, -0.2) is 4.39 Å². The predicted octanol–water partition coefficient (Wildman–Crippen LogP) is 3.57. The molecule has 0 aliphatic heterocycles. The van der Waals surface area contributed by atoms with Crippen molar-refractivity contribution in [1.82, 2.24) is 4.90 Å². The lowest BCUT2D eigenvalue weighted by molar-refractivity contribution is 0.0781. The van der Waals surface area contributed by atoms with E-state index in [0.717, 1.165) is 0 Å². The number of rotatable bonds is 3. The van der Waals surface area contributed by atoms with Crippen molar-refractivity contribution >= 4 is 21.8 Å². The quantitative estimate of drug-likeness (QED) is 0.930. The molecule has 0 aromatic heterocycles. The predicted molar refractivity (Wildman–Crippen MR) is 78.0 cm³/mol. The van der Waals surface area contributed by atoms with E-state index in [4.69, 9.17) is 0 Å². The molecule has 1 N–H and O–H groups in total. The lowest BCUT2D eigenvalue weighted by Gasteiger charge is -2.18. The standard InChI is InChI=1S/C15H13BrFNO2/c1-18(9-10-4-2-3-5-13(10)17)15(20)12-7-6-11(16)8-14(12)19/h2-8,19H,9H2,1H3. The summed E-state index contributed by atoms with van der Waals surface area (Å²) in [6.07, 6.45) is 0. The van der Waals surface area contributed by atoms with Gasteiger partial charge in [-0.3, -0.25) is 4.79 Å². The monoisotopic (exact) mass is 337 g/mol. The maximum absolute atomic E-state index is 13.6. The first kappa shape index (κ1) is 14.5. The molecule has 0 atom stereocenters. The molecule has 20 heavy (non-hydrogen) atoms. The van der Waals surface area contributed by atoms with Crippen LogP contribution in [0.3, 0.4) is 0 Å². The summed E-state index contributed by atoms with van der Waals surface area (Å²) in [4.78, 5) is 13.6. The first-order valence-corrected chi connectivity index (χ1v) is 6.75. The Bertz CT molecular complexity index is 646. The van der Waals surface area contributed by atoms with Gasteiger partial charge < -0.3 is 10.0 Å². The van der Waals surface area contributed by atoms with E-state index in [2.05, 4.69) is 15.9 Å². The van der Waals surface area contributed by atoms with Gasteiger partial charge >= 0.3 is 0 Å². The number of aromatic hydroxyl groups is 1. The van der Waals surface area contributed by atoms with Gasteiger partial charge in [-0.2, -0.15) is 0 Å². The average molecular weight is 338 g/mol. The summed E-state index contributed by atoms with van der Waals surface area (Å²) in [6.45, 7) is 0.140. The Morgan fingerprint density at radius 2 is 2.00 bits per heavy atom. The smallest absolute Gasteiger partial charge is 0.257 e. The molecule has 0 saturated heterocycles. The van der Waals surface area contributed by atoms with E-state index >= 15 is 0 Å². The fraction of sp³-hybridized carbons (Fsp3) is 0.133. The molecule has 2 aromatic rings. The minimum absolute atomic E-state index is 0.107. The summed E-state index contributed by atoms with van der Waals surface area (Å²) in [7, 11) is 1.57. The van der Waals surface area contributed by atoms with E-state index in [0.29, 0.717) is 10.0 Å². The topological polar surface area (TPSA) is 40.5 Å². The number of nitrogens with zero attached hydrogens (tertiary/aromatic N) is 1. The van der Waals surface area contributed by atoms with Crippen LogP contribution in [0.1, 0.15) is 15.9 Å². The summed E-state index contributed by atoms with van der Waals surface area (Å²) >= 11 is 3.21. The van der Waals surface area contributed by atoms with Gasteiger partial charge in [0.05, 0.1) is 5.56 Å². The second kappa shape index (κ2) is 6.05. The summed E-state index contributed by atoms with van der Waals surface area (Å²) in [6, 6.07) is 10.9. The molecule has 2 rings (SSSR count). The maximum Gasteiger partial charge on any atom is 0.257 e. The van der Waals surface area contributed by atoms with Crippen LogP contribution in [0.25, 0.3) is 0 Å². The maximum atomic E-state index is 13.6. The van der Waals surface area contributed by atoms with Crippen LogP contribution in [0.15, 0.2) is 46.9 Å². The minimum atomic E-state index is -0.363. The van der Waals surface area contributed by atoms with Crippen molar-refractivity contribution in [3.05, 3.63) is 63.9 Å². The molecule has 1 amide bonds. The third-order valence-corrected chi connectivity index (χ3v) is 3.40. The Morgan fingerprint density at radius 1 is 1.30 bits per heavy atom. The molecule has 0 unspecified atom stereocenters. The van der Waals surface area contributed by atoms with E-state index in [1.165, 1.54) is 23.1 Å². The highest BCUT2D eigenvalue weighted by atomic mass is 79.9. The SMILES string of the molecule is CN(Cc1ccccc1F)C(=O)c1ccc(Br)cc1O. The molecule has 2 aromatic carbocycles. The number of carbonyl (C=O) groups excluding carboxylic acids is 1. The zero-order chi connectivity index (χ0) is 14.7. The normalized spacial score (nSPS) is 10.3. The Balaban J connectivity index is 2.19. The molecule has 0 heterocycles. The zero-order valence-corrected chi connectivity index (χ0v) is 12.4. The molecule has 0 spiro atoms. The summed E-state index contributed by atoms with van der Waals surface area (Å²) in [5.41, 5.74) is 0.618. The minimum Gasteiger partial charge on any atom is -0.507 e. The molecular weight excluding hydrogens is 325 g/mol.